The molecule has 2 aliphatic heterocycles. The van der Waals surface area contributed by atoms with E-state index in [9.17, 15) is 19.1 Å². The first-order valence-corrected chi connectivity index (χ1v) is 21.8. The number of piperazine rings is 1. The summed E-state index contributed by atoms with van der Waals surface area (Å²) in [4.78, 5) is 40.5. The van der Waals surface area contributed by atoms with Gasteiger partial charge in [-0.3, -0.25) is 4.52 Å². The van der Waals surface area contributed by atoms with E-state index in [1.807, 2.05) is 48.0 Å². The fourth-order valence-corrected chi connectivity index (χ4v) is 10.2. The molecule has 2 aliphatic rings. The summed E-state index contributed by atoms with van der Waals surface area (Å²) in [6.45, 7) is 8.45. The molecule has 15 nitrogen and oxygen atoms in total. The highest BCUT2D eigenvalue weighted by atomic mass is 127. The molecule has 0 saturated carbocycles. The number of hydrogen-bond donors (Lipinski definition) is 2. The van der Waals surface area contributed by atoms with Crippen LogP contribution in [0.2, 0.25) is 0 Å². The summed E-state index contributed by atoms with van der Waals surface area (Å²) in [6.07, 6.45) is 5.02. The summed E-state index contributed by atoms with van der Waals surface area (Å²) < 4.78 is 36.0. The molecule has 2 fully saturated rings. The molecule has 18 heteroatoms. The molecule has 0 bridgehead atoms. The summed E-state index contributed by atoms with van der Waals surface area (Å²) in [7, 11) is -4.71. The van der Waals surface area contributed by atoms with Gasteiger partial charge in [-0.15, -0.1) is 0 Å². The van der Waals surface area contributed by atoms with Gasteiger partial charge in [0.15, 0.2) is 0 Å². The minimum absolute atomic E-state index is 0.222. The van der Waals surface area contributed by atoms with E-state index in [0.29, 0.717) is 31.9 Å². The number of halogens is 2. The molecule has 0 aliphatic carbocycles. The van der Waals surface area contributed by atoms with Gasteiger partial charge in [-0.05, 0) is 131 Å². The van der Waals surface area contributed by atoms with Crippen LogP contribution in [-0.2, 0) is 26.0 Å². The van der Waals surface area contributed by atoms with Crippen LogP contribution in [0.4, 0.5) is 11.4 Å². The molecular weight excluding hydrogens is 953 g/mol. The Kier molecular flexibility index (Phi) is 12.4. The van der Waals surface area contributed by atoms with Crippen molar-refractivity contribution in [1.82, 2.24) is 29.1 Å². The average Bonchev–Trinajstić information content (AvgIpc) is 3.92. The normalized spacial score (nSPS) is 20.1. The number of anilines is 2. The Labute approximate surface area is 346 Å². The molecule has 5 aromatic rings. The fraction of sp³-hybridized carbons (Fsp3) is 0.405. The molecular formula is C37H43I2N8O7P. The highest BCUT2D eigenvalue weighted by Crippen LogP contribution is 2.43. The van der Waals surface area contributed by atoms with Gasteiger partial charge in [-0.2, -0.15) is 10.2 Å². The van der Waals surface area contributed by atoms with Gasteiger partial charge in [0.05, 0.1) is 37.6 Å². The van der Waals surface area contributed by atoms with Gasteiger partial charge >= 0.3 is 13.5 Å². The third kappa shape index (κ3) is 9.29. The zero-order valence-corrected chi connectivity index (χ0v) is 35.6. The van der Waals surface area contributed by atoms with E-state index in [2.05, 4.69) is 100 Å². The lowest BCUT2D eigenvalue weighted by Crippen LogP contribution is -2.46. The molecule has 292 valence electrons. The van der Waals surface area contributed by atoms with Crippen LogP contribution in [0.25, 0.3) is 5.69 Å². The fourth-order valence-electron chi connectivity index (χ4n) is 7.51. The Hall–Kier alpha value is -3.33. The van der Waals surface area contributed by atoms with Crippen LogP contribution in [-0.4, -0.2) is 84.4 Å². The van der Waals surface area contributed by atoms with Crippen molar-refractivity contribution in [3.63, 3.8) is 0 Å². The van der Waals surface area contributed by atoms with Crippen LogP contribution < -0.4 is 20.2 Å². The molecule has 55 heavy (non-hydrogen) atoms. The molecule has 3 aromatic carbocycles. The Morgan fingerprint density at radius 3 is 2.20 bits per heavy atom. The van der Waals surface area contributed by atoms with Crippen molar-refractivity contribution in [2.45, 2.75) is 51.0 Å². The van der Waals surface area contributed by atoms with Crippen LogP contribution in [0, 0.1) is 13.1 Å². The van der Waals surface area contributed by atoms with E-state index in [1.54, 1.807) is 12.7 Å². The van der Waals surface area contributed by atoms with Crippen LogP contribution >= 0.6 is 53.0 Å². The second kappa shape index (κ2) is 17.0. The molecule has 0 radical (unpaired) electrons. The van der Waals surface area contributed by atoms with Crippen LogP contribution in [0.5, 0.6) is 5.75 Å². The number of phosphoric ester groups is 1. The molecule has 0 unspecified atom stereocenters. The number of rotatable bonds is 14. The minimum atomic E-state index is -4.71. The Balaban J connectivity index is 0.918. The van der Waals surface area contributed by atoms with E-state index in [0.717, 1.165) is 49.7 Å². The number of hydrogen-bond acceptors (Lipinski definition) is 10. The molecule has 4 heterocycles. The van der Waals surface area contributed by atoms with Gasteiger partial charge in [-0.25, -0.2) is 28.3 Å². The first-order valence-electron chi connectivity index (χ1n) is 18.1. The zero-order chi connectivity index (χ0) is 38.7. The van der Waals surface area contributed by atoms with Crippen molar-refractivity contribution >= 4 is 64.4 Å². The van der Waals surface area contributed by atoms with Gasteiger partial charge in [-0.1, -0.05) is 13.0 Å². The maximum Gasteiger partial charge on any atom is 0.469 e. The van der Waals surface area contributed by atoms with E-state index < -0.39 is 31.3 Å². The smallest absolute Gasteiger partial charge is 0.469 e. The topological polar surface area (TPSA) is 162 Å². The van der Waals surface area contributed by atoms with E-state index in [1.165, 1.54) is 35.2 Å². The highest BCUT2D eigenvalue weighted by molar-refractivity contribution is 14.1. The zero-order valence-electron chi connectivity index (χ0n) is 30.4. The van der Waals surface area contributed by atoms with E-state index in [4.69, 9.17) is 14.0 Å². The van der Waals surface area contributed by atoms with Gasteiger partial charge < -0.3 is 29.1 Å². The summed E-state index contributed by atoms with van der Waals surface area (Å²) in [5.41, 5.74) is 3.10. The summed E-state index contributed by atoms with van der Waals surface area (Å²) >= 11 is 4.74. The number of phosphoric acid groups is 1. The number of aromatic nitrogens is 6. The van der Waals surface area contributed by atoms with Crippen molar-refractivity contribution in [2.75, 3.05) is 49.2 Å². The van der Waals surface area contributed by atoms with Gasteiger partial charge in [0.2, 0.25) is 0 Å². The first-order chi connectivity index (χ1) is 26.4. The van der Waals surface area contributed by atoms with Crippen LogP contribution in [0.3, 0.4) is 0 Å². The highest BCUT2D eigenvalue weighted by Gasteiger charge is 2.44. The Morgan fingerprint density at radius 1 is 0.945 bits per heavy atom. The SMILES string of the molecule is CC[C@@H]([C@H](C)OP(=O)(O)O)n1ncn(-c2ccc(N3CCN(c4ccc(OC[C@@H]5CO[C@@](Cn6cncn6)(c6ccc(I)cc6I)C5)cc4)CC3)cc2)c1=O. The van der Waals surface area contributed by atoms with Crippen LogP contribution in [0.1, 0.15) is 38.3 Å². The minimum Gasteiger partial charge on any atom is -0.493 e. The lowest BCUT2D eigenvalue weighted by atomic mass is 9.87. The Morgan fingerprint density at radius 2 is 1.60 bits per heavy atom. The number of nitrogens with zero attached hydrogens (tertiary/aromatic N) is 8. The third-order valence-corrected chi connectivity index (χ3v) is 12.4. The second-order valence-corrected chi connectivity index (χ2v) is 17.5. The first kappa shape index (κ1) is 39.9. The van der Waals surface area contributed by atoms with Crippen molar-refractivity contribution in [3.8, 4) is 11.4 Å². The molecule has 0 amide bonds. The summed E-state index contributed by atoms with van der Waals surface area (Å²) in [5.74, 6) is 1.05. The predicted molar refractivity (Wildman–Crippen MR) is 224 cm³/mol. The third-order valence-electron chi connectivity index (χ3n) is 10.3. The molecule has 4 atom stereocenters. The van der Waals surface area contributed by atoms with E-state index >= 15 is 0 Å². The lowest BCUT2D eigenvalue weighted by molar-refractivity contribution is -0.0186. The van der Waals surface area contributed by atoms with Crippen molar-refractivity contribution in [1.29, 1.82) is 0 Å². The summed E-state index contributed by atoms with van der Waals surface area (Å²) in [6, 6.07) is 21.9. The van der Waals surface area contributed by atoms with E-state index in [-0.39, 0.29) is 5.92 Å². The van der Waals surface area contributed by atoms with Crippen molar-refractivity contribution < 1.29 is 28.3 Å². The van der Waals surface area contributed by atoms with Crippen LogP contribution in [0.15, 0.2) is 90.5 Å². The lowest BCUT2D eigenvalue weighted by Gasteiger charge is -2.37. The van der Waals surface area contributed by atoms with Gasteiger partial charge in [0, 0.05) is 50.6 Å². The monoisotopic (exact) mass is 996 g/mol. The van der Waals surface area contributed by atoms with Gasteiger partial charge in [0.25, 0.3) is 0 Å². The molecule has 2 aromatic heterocycles. The maximum atomic E-state index is 13.2. The number of benzene rings is 3. The summed E-state index contributed by atoms with van der Waals surface area (Å²) in [5, 5.41) is 8.60. The molecule has 2 N–H and O–H groups in total. The standard InChI is InChI=1S/C37H43I2N8O7P/c1-3-35(26(2)54-55(49,50)51)47-36(48)46(25-42-47)31-7-5-29(6-8-31)43-14-16-44(17-15-43)30-9-11-32(12-10-30)52-20-27-19-37(53-21-27,22-45-24-40-23-41-45)33-13-4-28(38)18-34(33)39/h4-13,18,23-27,35H,3,14-17,19-22H2,1-2H3,(H2,49,50,51)/t26-,27+,35-,37-/m0/s1. The quantitative estimate of drug-likeness (QED) is 0.105. The molecule has 7 rings (SSSR count). The van der Waals surface area contributed by atoms with Crippen molar-refractivity contribution in [3.05, 3.63) is 109 Å². The molecule has 2 saturated heterocycles. The number of ether oxygens (including phenoxy) is 2. The van der Waals surface area contributed by atoms with Gasteiger partial charge in [0.1, 0.15) is 30.3 Å². The average molecular weight is 997 g/mol. The predicted octanol–water partition coefficient (Wildman–Crippen LogP) is 5.62. The maximum absolute atomic E-state index is 13.2. The Bertz CT molecular complexity index is 2160. The van der Waals surface area contributed by atoms with Crippen molar-refractivity contribution in [2.24, 2.45) is 5.92 Å². The second-order valence-electron chi connectivity index (χ2n) is 13.9. The largest absolute Gasteiger partial charge is 0.493 e. The molecule has 0 spiro atoms.